The fourth-order valence-corrected chi connectivity index (χ4v) is 3.23. The molecule has 0 radical (unpaired) electrons. The summed E-state index contributed by atoms with van der Waals surface area (Å²) in [5.41, 5.74) is 3.45. The van der Waals surface area contributed by atoms with Crippen molar-refractivity contribution in [3.05, 3.63) is 84.1 Å². The summed E-state index contributed by atoms with van der Waals surface area (Å²) in [7, 11) is 0. The molecule has 1 aliphatic heterocycles. The van der Waals surface area contributed by atoms with Crippen molar-refractivity contribution in [3.8, 4) is 0 Å². The van der Waals surface area contributed by atoms with Gasteiger partial charge in [-0.15, -0.1) is 0 Å². The Bertz CT molecular complexity index is 790. The third-order valence-corrected chi connectivity index (χ3v) is 4.29. The zero-order chi connectivity index (χ0) is 15.6. The number of aryl methyl sites for hydroxylation is 1. The molecule has 0 saturated heterocycles. The van der Waals surface area contributed by atoms with Crippen molar-refractivity contribution in [2.75, 3.05) is 4.90 Å². The number of rotatable bonds is 3. The van der Waals surface area contributed by atoms with Gasteiger partial charge in [0.05, 0.1) is 11.8 Å². The first-order chi connectivity index (χ1) is 11.3. The summed E-state index contributed by atoms with van der Waals surface area (Å²) in [5, 5.41) is 0. The number of aliphatic imine (C=N–C) groups is 1. The van der Waals surface area contributed by atoms with E-state index in [0.29, 0.717) is 0 Å². The van der Waals surface area contributed by atoms with E-state index in [2.05, 4.69) is 71.7 Å². The molecule has 0 saturated carbocycles. The van der Waals surface area contributed by atoms with Crippen LogP contribution in [0.3, 0.4) is 0 Å². The highest BCUT2D eigenvalue weighted by molar-refractivity contribution is 6.05. The van der Waals surface area contributed by atoms with Gasteiger partial charge in [0.15, 0.2) is 0 Å². The molecule has 0 bridgehead atoms. The van der Waals surface area contributed by atoms with Crippen LogP contribution in [0.1, 0.15) is 11.3 Å². The fourth-order valence-electron chi connectivity index (χ4n) is 3.23. The molecule has 0 N–H and O–H groups in total. The van der Waals surface area contributed by atoms with Gasteiger partial charge in [0, 0.05) is 12.1 Å². The average Bonchev–Trinajstić information content (AvgIpc) is 2.93. The first-order valence-corrected chi connectivity index (χ1v) is 8.00. The van der Waals surface area contributed by atoms with Crippen LogP contribution in [0.25, 0.3) is 0 Å². The Labute approximate surface area is 136 Å². The molecule has 2 unspecified atom stereocenters. The highest BCUT2D eigenvalue weighted by atomic mass is 15.3. The van der Waals surface area contributed by atoms with Gasteiger partial charge in [0.25, 0.3) is 0 Å². The lowest BCUT2D eigenvalue weighted by atomic mass is 10.1. The lowest BCUT2D eigenvalue weighted by Gasteiger charge is -2.30. The van der Waals surface area contributed by atoms with Gasteiger partial charge in [-0.25, -0.2) is 4.98 Å². The molecule has 23 heavy (non-hydrogen) atoms. The Hall–Kier alpha value is -2.68. The van der Waals surface area contributed by atoms with Crippen molar-refractivity contribution in [1.82, 2.24) is 4.98 Å². The van der Waals surface area contributed by atoms with Crippen LogP contribution in [0.15, 0.2) is 77.8 Å². The highest BCUT2D eigenvalue weighted by Gasteiger charge is 2.35. The van der Waals surface area contributed by atoms with Gasteiger partial charge < -0.3 is 4.90 Å². The summed E-state index contributed by atoms with van der Waals surface area (Å²) in [4.78, 5) is 12.0. The van der Waals surface area contributed by atoms with Gasteiger partial charge >= 0.3 is 0 Å². The van der Waals surface area contributed by atoms with Crippen molar-refractivity contribution in [1.29, 1.82) is 0 Å². The zero-order valence-electron chi connectivity index (χ0n) is 13.1. The summed E-state index contributed by atoms with van der Waals surface area (Å²) >= 11 is 0. The van der Waals surface area contributed by atoms with Crippen LogP contribution in [0.2, 0.25) is 0 Å². The van der Waals surface area contributed by atoms with Crippen LogP contribution in [0.4, 0.5) is 5.82 Å². The summed E-state index contributed by atoms with van der Waals surface area (Å²) < 4.78 is 0. The molecule has 2 aromatic rings. The van der Waals surface area contributed by atoms with E-state index < -0.39 is 0 Å². The van der Waals surface area contributed by atoms with Crippen molar-refractivity contribution < 1.29 is 0 Å². The van der Waals surface area contributed by atoms with Gasteiger partial charge in [-0.1, -0.05) is 54.6 Å². The van der Waals surface area contributed by atoms with E-state index in [-0.39, 0.29) is 12.2 Å². The Morgan fingerprint density at radius 1 is 1.00 bits per heavy atom. The number of benzene rings is 1. The third-order valence-electron chi connectivity index (χ3n) is 4.29. The topological polar surface area (TPSA) is 28.5 Å². The van der Waals surface area contributed by atoms with Crippen molar-refractivity contribution in [2.45, 2.75) is 25.6 Å². The molecule has 2 aliphatic rings. The zero-order valence-corrected chi connectivity index (χ0v) is 13.1. The first kappa shape index (κ1) is 13.9. The molecular formula is C20H19N3. The van der Waals surface area contributed by atoms with E-state index in [0.717, 1.165) is 23.6 Å². The van der Waals surface area contributed by atoms with E-state index in [4.69, 9.17) is 9.98 Å². The van der Waals surface area contributed by atoms with Gasteiger partial charge in [-0.3, -0.25) is 4.99 Å². The minimum Gasteiger partial charge on any atom is -0.322 e. The predicted octanol–water partition coefficient (Wildman–Crippen LogP) is 3.71. The van der Waals surface area contributed by atoms with Crippen LogP contribution >= 0.6 is 0 Å². The summed E-state index contributed by atoms with van der Waals surface area (Å²) in [5.74, 6) is 0.995. The smallest absolute Gasteiger partial charge is 0.131 e. The summed E-state index contributed by atoms with van der Waals surface area (Å²) in [6.45, 7) is 2.03. The predicted molar refractivity (Wildman–Crippen MR) is 94.9 cm³/mol. The maximum absolute atomic E-state index is 4.96. The summed E-state index contributed by atoms with van der Waals surface area (Å²) in [6, 6.07) is 16.9. The summed E-state index contributed by atoms with van der Waals surface area (Å²) in [6.07, 6.45) is 9.43. The minimum absolute atomic E-state index is 0.0825. The number of fused-ring (bicyclic) bond motifs is 1. The Kier molecular flexibility index (Phi) is 3.54. The molecule has 0 fully saturated rings. The van der Waals surface area contributed by atoms with Gasteiger partial charge in [-0.05, 0) is 30.7 Å². The van der Waals surface area contributed by atoms with Crippen LogP contribution in [-0.4, -0.2) is 22.9 Å². The Balaban J connectivity index is 1.71. The second-order valence-electron chi connectivity index (χ2n) is 5.96. The van der Waals surface area contributed by atoms with Crippen LogP contribution in [0.5, 0.6) is 0 Å². The maximum atomic E-state index is 4.96. The lowest BCUT2D eigenvalue weighted by Crippen LogP contribution is -2.40. The van der Waals surface area contributed by atoms with Gasteiger partial charge in [0.2, 0.25) is 0 Å². The molecule has 0 amide bonds. The van der Waals surface area contributed by atoms with Crippen LogP contribution < -0.4 is 4.90 Å². The van der Waals surface area contributed by atoms with E-state index in [1.807, 2.05) is 13.0 Å². The molecular weight excluding hydrogens is 282 g/mol. The standard InChI is InChI=1S/C20H19N3/c1-15-8-7-13-19(21-15)23-18-12-6-5-11-17(18)22-20(23)14-16-9-3-2-4-10-16/h2-13,18,20H,14H2,1H3. The van der Waals surface area contributed by atoms with E-state index in [9.17, 15) is 0 Å². The monoisotopic (exact) mass is 301 g/mol. The Morgan fingerprint density at radius 2 is 1.87 bits per heavy atom. The number of hydrogen-bond donors (Lipinski definition) is 0. The molecule has 1 aromatic carbocycles. The average molecular weight is 301 g/mol. The molecule has 1 aromatic heterocycles. The quantitative estimate of drug-likeness (QED) is 0.864. The van der Waals surface area contributed by atoms with Crippen LogP contribution in [0, 0.1) is 6.92 Å². The SMILES string of the molecule is Cc1cccc(N2C(Cc3ccccc3)N=C3C=CC=CC32)n1. The molecule has 2 heterocycles. The first-order valence-electron chi connectivity index (χ1n) is 8.00. The molecule has 1 aliphatic carbocycles. The second kappa shape index (κ2) is 5.84. The number of anilines is 1. The van der Waals surface area contributed by atoms with E-state index >= 15 is 0 Å². The molecule has 114 valence electrons. The normalized spacial score (nSPS) is 22.1. The van der Waals surface area contributed by atoms with Crippen molar-refractivity contribution in [3.63, 3.8) is 0 Å². The molecule has 0 spiro atoms. The molecule has 4 rings (SSSR count). The highest BCUT2D eigenvalue weighted by Crippen LogP contribution is 2.29. The number of allylic oxidation sites excluding steroid dienone is 2. The number of pyridine rings is 1. The fraction of sp³-hybridized carbons (Fsp3) is 0.200. The maximum Gasteiger partial charge on any atom is 0.131 e. The van der Waals surface area contributed by atoms with Crippen LogP contribution in [-0.2, 0) is 6.42 Å². The van der Waals surface area contributed by atoms with Gasteiger partial charge in [-0.2, -0.15) is 0 Å². The Morgan fingerprint density at radius 3 is 2.70 bits per heavy atom. The number of nitrogens with zero attached hydrogens (tertiary/aromatic N) is 3. The molecule has 3 heteroatoms. The van der Waals surface area contributed by atoms with Crippen molar-refractivity contribution in [2.24, 2.45) is 4.99 Å². The second-order valence-corrected chi connectivity index (χ2v) is 5.96. The minimum atomic E-state index is 0.0825. The van der Waals surface area contributed by atoms with E-state index in [1.54, 1.807) is 0 Å². The van der Waals surface area contributed by atoms with E-state index in [1.165, 1.54) is 5.56 Å². The van der Waals surface area contributed by atoms with Gasteiger partial charge in [0.1, 0.15) is 12.0 Å². The number of hydrogen-bond acceptors (Lipinski definition) is 3. The number of aromatic nitrogens is 1. The molecule has 2 atom stereocenters. The third kappa shape index (κ3) is 2.70. The largest absolute Gasteiger partial charge is 0.322 e. The lowest BCUT2D eigenvalue weighted by molar-refractivity contribution is 0.640. The van der Waals surface area contributed by atoms with Crippen molar-refractivity contribution >= 4 is 11.5 Å². The molecule has 3 nitrogen and oxygen atoms in total.